The molecule has 0 radical (unpaired) electrons. The van der Waals surface area contributed by atoms with Gasteiger partial charge in [0.05, 0.1) is 0 Å². The highest BCUT2D eigenvalue weighted by Crippen LogP contribution is 2.30. The fourth-order valence-corrected chi connectivity index (χ4v) is 2.76. The minimum absolute atomic E-state index is 0.456. The lowest BCUT2D eigenvalue weighted by molar-refractivity contribution is 0.242. The number of hydrogen-bond donors (Lipinski definition) is 0. The highest BCUT2D eigenvalue weighted by Gasteiger charge is 2.19. The highest BCUT2D eigenvalue weighted by molar-refractivity contribution is 4.98. The molecule has 0 aliphatic heterocycles. The first-order chi connectivity index (χ1) is 9.59. The minimum atomic E-state index is 0.456. The third-order valence-corrected chi connectivity index (χ3v) is 5.96. The van der Waals surface area contributed by atoms with Gasteiger partial charge in [0, 0.05) is 0 Å². The molecule has 0 aromatic heterocycles. The van der Waals surface area contributed by atoms with Gasteiger partial charge in [-0.25, -0.2) is 0 Å². The molecule has 4 atom stereocenters. The normalized spacial score (nSPS) is 19.2. The van der Waals surface area contributed by atoms with Gasteiger partial charge in [0.15, 0.2) is 0 Å². The van der Waals surface area contributed by atoms with Gasteiger partial charge in [-0.1, -0.05) is 73.5 Å². The highest BCUT2D eigenvalue weighted by atomic mass is 14.2. The van der Waals surface area contributed by atoms with Gasteiger partial charge in [-0.15, -0.1) is 0 Å². The van der Waals surface area contributed by atoms with Crippen LogP contribution in [0.2, 0.25) is 0 Å². The molecule has 0 bridgehead atoms. The largest absolute Gasteiger partial charge is 0.0853 e. The summed E-state index contributed by atoms with van der Waals surface area (Å²) in [5, 5.41) is 0. The van der Waals surface area contributed by atoms with E-state index < -0.39 is 0 Å². The lowest BCUT2D eigenvalue weighted by Crippen LogP contribution is -2.17. The molecule has 4 unspecified atom stereocenters. The summed E-state index contributed by atoms with van der Waals surface area (Å²) in [4.78, 5) is 0. The maximum absolute atomic E-state index is 2.51. The summed E-state index contributed by atoms with van der Waals surface area (Å²) in [5.41, 5.74) is 2.05. The summed E-state index contributed by atoms with van der Waals surface area (Å²) in [6.07, 6.45) is 9.05. The first-order valence-corrected chi connectivity index (χ1v) is 9.25. The molecule has 0 aliphatic carbocycles. The maximum atomic E-state index is 2.51. The van der Waals surface area contributed by atoms with E-state index >= 15 is 0 Å². The van der Waals surface area contributed by atoms with Crippen LogP contribution in [0.15, 0.2) is 11.6 Å². The molecule has 0 heteroatoms. The summed E-state index contributed by atoms with van der Waals surface area (Å²) in [7, 11) is 0. The van der Waals surface area contributed by atoms with Crippen LogP contribution in [0, 0.1) is 29.1 Å². The van der Waals surface area contributed by atoms with E-state index in [-0.39, 0.29) is 0 Å². The van der Waals surface area contributed by atoms with Crippen LogP contribution in [0.25, 0.3) is 0 Å². The molecule has 0 aromatic carbocycles. The molecule has 0 nitrogen and oxygen atoms in total. The lowest BCUT2D eigenvalue weighted by Gasteiger charge is -2.27. The predicted molar refractivity (Wildman–Crippen MR) is 98.6 cm³/mol. The summed E-state index contributed by atoms with van der Waals surface area (Å²) < 4.78 is 0. The van der Waals surface area contributed by atoms with Gasteiger partial charge in [0.2, 0.25) is 0 Å². The average Bonchev–Trinajstić information content (AvgIpc) is 2.41. The van der Waals surface area contributed by atoms with Crippen LogP contribution in [0.5, 0.6) is 0 Å². The van der Waals surface area contributed by atoms with Crippen LogP contribution >= 0.6 is 0 Å². The molecule has 0 heterocycles. The number of allylic oxidation sites excluding steroid dienone is 2. The van der Waals surface area contributed by atoms with E-state index in [1.165, 1.54) is 32.1 Å². The van der Waals surface area contributed by atoms with E-state index in [9.17, 15) is 0 Å². The minimum Gasteiger partial charge on any atom is -0.0853 e. The second-order valence-electron chi connectivity index (χ2n) is 8.67. The van der Waals surface area contributed by atoms with Crippen LogP contribution < -0.4 is 0 Å². The molecule has 0 aromatic rings. The van der Waals surface area contributed by atoms with Gasteiger partial charge in [0.25, 0.3) is 0 Å². The fourth-order valence-electron chi connectivity index (χ4n) is 2.76. The summed E-state index contributed by atoms with van der Waals surface area (Å²) in [6.45, 7) is 21.3. The van der Waals surface area contributed by atoms with E-state index in [0.717, 1.165) is 23.7 Å². The molecule has 126 valence electrons. The average molecular weight is 295 g/mol. The Morgan fingerprint density at radius 3 is 2.05 bits per heavy atom. The molecule has 0 saturated carbocycles. The Labute approximate surface area is 135 Å². The van der Waals surface area contributed by atoms with E-state index in [4.69, 9.17) is 0 Å². The van der Waals surface area contributed by atoms with Crippen LogP contribution in [-0.2, 0) is 0 Å². The number of rotatable bonds is 9. The van der Waals surface area contributed by atoms with Crippen molar-refractivity contribution in [2.24, 2.45) is 29.1 Å². The molecule has 0 spiro atoms. The van der Waals surface area contributed by atoms with Gasteiger partial charge in [0.1, 0.15) is 0 Å². The van der Waals surface area contributed by atoms with Crippen molar-refractivity contribution in [2.45, 2.75) is 94.4 Å². The topological polar surface area (TPSA) is 0 Å². The monoisotopic (exact) mass is 294 g/mol. The quantitative estimate of drug-likeness (QED) is 0.386. The second kappa shape index (κ2) is 9.70. The summed E-state index contributed by atoms with van der Waals surface area (Å²) in [5.74, 6) is 3.30. The Morgan fingerprint density at radius 1 is 1.00 bits per heavy atom. The van der Waals surface area contributed by atoms with Crippen LogP contribution in [0.4, 0.5) is 0 Å². The fraction of sp³-hybridized carbons (Fsp3) is 0.905. The van der Waals surface area contributed by atoms with E-state index in [1.807, 2.05) is 0 Å². The predicted octanol–water partition coefficient (Wildman–Crippen LogP) is 7.49. The van der Waals surface area contributed by atoms with Crippen molar-refractivity contribution in [3.63, 3.8) is 0 Å². The Bertz CT molecular complexity index is 292. The smallest absolute Gasteiger partial charge is 0.0320 e. The van der Waals surface area contributed by atoms with Crippen LogP contribution in [0.1, 0.15) is 94.4 Å². The molecular weight excluding hydrogens is 252 g/mol. The Kier molecular flexibility index (Phi) is 9.58. The second-order valence-corrected chi connectivity index (χ2v) is 8.67. The molecule has 0 rings (SSSR count). The standard InChI is InChI=1S/C21H42/c1-10-17(3)20(6)18(4)15-14-16(2)12-11-13-19(5)21(7,8)9/h14,17-20H,10-13,15H2,1-9H3. The van der Waals surface area contributed by atoms with Gasteiger partial charge in [-0.05, 0) is 61.7 Å². The third-order valence-electron chi connectivity index (χ3n) is 5.96. The van der Waals surface area contributed by atoms with E-state index in [0.29, 0.717) is 5.41 Å². The Balaban J connectivity index is 4.09. The SMILES string of the molecule is CCC(C)C(C)C(C)CC=C(C)CCCC(C)C(C)(C)C. The molecular formula is C21H42. The molecule has 0 N–H and O–H groups in total. The first kappa shape index (κ1) is 20.7. The van der Waals surface area contributed by atoms with Crippen LogP contribution in [0.3, 0.4) is 0 Å². The maximum Gasteiger partial charge on any atom is -0.0320 e. The first-order valence-electron chi connectivity index (χ1n) is 9.25. The third kappa shape index (κ3) is 8.69. The van der Waals surface area contributed by atoms with Crippen molar-refractivity contribution in [1.82, 2.24) is 0 Å². The van der Waals surface area contributed by atoms with Gasteiger partial charge < -0.3 is 0 Å². The van der Waals surface area contributed by atoms with Crippen molar-refractivity contribution in [2.75, 3.05) is 0 Å². The zero-order valence-electron chi connectivity index (χ0n) is 16.4. The molecule has 0 saturated heterocycles. The Morgan fingerprint density at radius 2 is 1.57 bits per heavy atom. The van der Waals surface area contributed by atoms with Crippen molar-refractivity contribution in [3.05, 3.63) is 11.6 Å². The van der Waals surface area contributed by atoms with Gasteiger partial charge >= 0.3 is 0 Å². The molecule has 0 fully saturated rings. The zero-order valence-corrected chi connectivity index (χ0v) is 16.4. The number of hydrogen-bond acceptors (Lipinski definition) is 0. The summed E-state index contributed by atoms with van der Waals surface area (Å²) in [6, 6.07) is 0. The van der Waals surface area contributed by atoms with Gasteiger partial charge in [-0.3, -0.25) is 0 Å². The van der Waals surface area contributed by atoms with Crippen molar-refractivity contribution >= 4 is 0 Å². The lowest BCUT2D eigenvalue weighted by atomic mass is 9.79. The summed E-state index contributed by atoms with van der Waals surface area (Å²) >= 11 is 0. The van der Waals surface area contributed by atoms with Gasteiger partial charge in [-0.2, -0.15) is 0 Å². The van der Waals surface area contributed by atoms with Crippen molar-refractivity contribution in [1.29, 1.82) is 0 Å². The molecule has 0 aliphatic rings. The zero-order chi connectivity index (χ0) is 16.6. The van der Waals surface area contributed by atoms with Crippen molar-refractivity contribution < 1.29 is 0 Å². The van der Waals surface area contributed by atoms with Crippen molar-refractivity contribution in [3.8, 4) is 0 Å². The Hall–Kier alpha value is -0.260. The van der Waals surface area contributed by atoms with E-state index in [2.05, 4.69) is 68.4 Å². The molecule has 21 heavy (non-hydrogen) atoms. The van der Waals surface area contributed by atoms with E-state index in [1.54, 1.807) is 5.57 Å². The van der Waals surface area contributed by atoms with Crippen LogP contribution in [-0.4, -0.2) is 0 Å². The molecule has 0 amide bonds.